The second-order valence-corrected chi connectivity index (χ2v) is 12.3. The predicted molar refractivity (Wildman–Crippen MR) is 180 cm³/mol. The Labute approximate surface area is 276 Å². The van der Waals surface area contributed by atoms with E-state index in [-0.39, 0.29) is 0 Å². The van der Waals surface area contributed by atoms with Crippen LogP contribution in [0.4, 0.5) is 5.69 Å². The van der Waals surface area contributed by atoms with Gasteiger partial charge in [0.1, 0.15) is 16.0 Å². The second-order valence-electron chi connectivity index (χ2n) is 11.3. The minimum absolute atomic E-state index is 0.428. The highest BCUT2D eigenvalue weighted by Gasteiger charge is 2.20. The summed E-state index contributed by atoms with van der Waals surface area (Å²) in [6.07, 6.45) is 6.46. The number of unbranched alkanes of at least 4 members (excludes halogenated alkanes) is 3. The van der Waals surface area contributed by atoms with E-state index in [1.54, 1.807) is 42.0 Å². The Morgan fingerprint density at radius 3 is 2.43 bits per heavy atom. The average Bonchev–Trinajstić information content (AvgIpc) is 3.83. The average molecular weight is 653 g/mol. The number of fused-ring (bicyclic) bond motifs is 2. The van der Waals surface area contributed by atoms with E-state index >= 15 is 0 Å². The fourth-order valence-corrected chi connectivity index (χ4v) is 6.52. The number of imidazole rings is 1. The zero-order valence-corrected chi connectivity index (χ0v) is 27.0. The number of nitrogens with zero attached hydrogens (tertiary/aromatic N) is 8. The molecule has 0 aliphatic carbocycles. The molecule has 4 heterocycles. The number of carbonyl (C=O) groups is 1. The predicted octanol–water partition coefficient (Wildman–Crippen LogP) is 5.40. The number of hydrogen-bond acceptors (Lipinski definition) is 11. The summed E-state index contributed by atoms with van der Waals surface area (Å²) in [4.78, 5) is 33.2. The van der Waals surface area contributed by atoms with E-state index in [9.17, 15) is 4.79 Å². The van der Waals surface area contributed by atoms with Crippen LogP contribution in [0.15, 0.2) is 79.0 Å². The second kappa shape index (κ2) is 14.4. The van der Waals surface area contributed by atoms with Crippen molar-refractivity contribution in [2.75, 3.05) is 51.4 Å². The largest absolute Gasteiger partial charge is 0.385 e. The van der Waals surface area contributed by atoms with E-state index in [0.717, 1.165) is 78.2 Å². The molecule has 3 aromatic heterocycles. The van der Waals surface area contributed by atoms with E-state index in [1.807, 2.05) is 24.4 Å². The molecule has 0 saturated carbocycles. The molecular formula is C34H36N8O4S. The highest BCUT2D eigenvalue weighted by atomic mass is 32.1. The van der Waals surface area contributed by atoms with Crippen molar-refractivity contribution in [2.45, 2.75) is 25.7 Å². The van der Waals surface area contributed by atoms with Gasteiger partial charge < -0.3 is 14.5 Å². The van der Waals surface area contributed by atoms with Gasteiger partial charge >= 0.3 is 5.97 Å². The van der Waals surface area contributed by atoms with Gasteiger partial charge in [0.15, 0.2) is 0 Å². The van der Waals surface area contributed by atoms with Crippen LogP contribution in [-0.4, -0.2) is 87.3 Å². The van der Waals surface area contributed by atoms with Gasteiger partial charge in [-0.15, -0.1) is 5.10 Å². The van der Waals surface area contributed by atoms with Gasteiger partial charge in [-0.3, -0.25) is 4.84 Å². The van der Waals surface area contributed by atoms with Crippen molar-refractivity contribution >= 4 is 39.0 Å². The number of anilines is 1. The first-order valence-electron chi connectivity index (χ1n) is 15.9. The Hall–Kier alpha value is -4.69. The van der Waals surface area contributed by atoms with Crippen molar-refractivity contribution in [1.29, 1.82) is 0 Å². The van der Waals surface area contributed by atoms with E-state index in [4.69, 9.17) is 24.5 Å². The minimum atomic E-state index is -0.515. The number of methoxy groups -OCH3 is 1. The molecule has 0 amide bonds. The first-order chi connectivity index (χ1) is 23.2. The Morgan fingerprint density at radius 2 is 1.66 bits per heavy atom. The van der Waals surface area contributed by atoms with Crippen LogP contribution in [0, 0.1) is 0 Å². The van der Waals surface area contributed by atoms with E-state index in [2.05, 4.69) is 44.5 Å². The lowest BCUT2D eigenvalue weighted by Gasteiger charge is -2.35. The maximum absolute atomic E-state index is 12.6. The number of aromatic nitrogens is 6. The summed E-state index contributed by atoms with van der Waals surface area (Å²) in [5, 5.41) is 16.2. The molecule has 1 saturated heterocycles. The summed E-state index contributed by atoms with van der Waals surface area (Å²) >= 11 is 1.53. The smallest absolute Gasteiger partial charge is 0.365 e. The molecule has 0 radical (unpaired) electrons. The molecule has 0 unspecified atom stereocenters. The topological polar surface area (TPSA) is 112 Å². The Kier molecular flexibility index (Phi) is 9.47. The standard InChI is InChI=1S/C34H36N8O4S/c1-44-22-7-2-3-8-23-45-40-20-18-39(19-21-40)27-16-14-25(15-17-27)32-37-41-24-29(35-34(41)47-32)28-12-9-13-30-31(28)36-38-42(30)46-33(43)26-10-5-4-6-11-26/h4-6,9-17,24H,2-3,7-8,18-23H2,1H3. The molecule has 242 valence electrons. The van der Waals surface area contributed by atoms with Crippen molar-refractivity contribution in [3.8, 4) is 21.8 Å². The first-order valence-corrected chi connectivity index (χ1v) is 16.7. The van der Waals surface area contributed by atoms with Crippen molar-refractivity contribution in [3.05, 3.63) is 84.6 Å². The SMILES string of the molecule is COCCCCCCON1CCN(c2ccc(-c3nn4cc(-c5cccc6c5nnn6OC(=O)c5ccccc5)nc4s3)cc2)CC1. The Morgan fingerprint density at radius 1 is 0.872 bits per heavy atom. The summed E-state index contributed by atoms with van der Waals surface area (Å²) in [7, 11) is 1.75. The number of ether oxygens (including phenoxy) is 1. The van der Waals surface area contributed by atoms with Crippen LogP contribution in [0.5, 0.6) is 0 Å². The molecular weight excluding hydrogens is 616 g/mol. The number of hydrogen-bond donors (Lipinski definition) is 0. The van der Waals surface area contributed by atoms with Gasteiger partial charge in [-0.2, -0.15) is 10.2 Å². The zero-order valence-electron chi connectivity index (χ0n) is 26.2. The molecule has 13 heteroatoms. The maximum atomic E-state index is 12.6. The number of carbonyl (C=O) groups excluding carboxylic acids is 1. The molecule has 6 aromatic rings. The third-order valence-electron chi connectivity index (χ3n) is 8.18. The van der Waals surface area contributed by atoms with Gasteiger partial charge in [0.2, 0.25) is 4.96 Å². The van der Waals surface area contributed by atoms with Crippen molar-refractivity contribution in [1.82, 2.24) is 34.8 Å². The van der Waals surface area contributed by atoms with E-state index in [0.29, 0.717) is 22.3 Å². The van der Waals surface area contributed by atoms with Crippen molar-refractivity contribution < 1.29 is 19.2 Å². The van der Waals surface area contributed by atoms with Crippen LogP contribution >= 0.6 is 11.3 Å². The normalized spacial score (nSPS) is 13.9. The molecule has 0 N–H and O–H groups in total. The zero-order chi connectivity index (χ0) is 32.0. The van der Waals surface area contributed by atoms with E-state index < -0.39 is 5.97 Å². The maximum Gasteiger partial charge on any atom is 0.365 e. The molecule has 47 heavy (non-hydrogen) atoms. The van der Waals surface area contributed by atoms with Gasteiger partial charge in [0.25, 0.3) is 0 Å². The summed E-state index contributed by atoms with van der Waals surface area (Å²) in [5.41, 5.74) is 5.30. The summed E-state index contributed by atoms with van der Waals surface area (Å²) < 4.78 is 6.90. The Bertz CT molecular complexity index is 1900. The molecule has 1 fully saturated rings. The van der Waals surface area contributed by atoms with Crippen LogP contribution in [0.3, 0.4) is 0 Å². The number of hydroxylamine groups is 2. The van der Waals surface area contributed by atoms with E-state index in [1.165, 1.54) is 29.9 Å². The monoisotopic (exact) mass is 652 g/mol. The Balaban J connectivity index is 0.966. The van der Waals surface area contributed by atoms with Crippen LogP contribution in [-0.2, 0) is 9.57 Å². The number of benzene rings is 3. The molecule has 7 rings (SSSR count). The minimum Gasteiger partial charge on any atom is -0.385 e. The lowest BCUT2D eigenvalue weighted by atomic mass is 10.1. The number of piperazine rings is 1. The van der Waals surface area contributed by atoms with Gasteiger partial charge in [0, 0.05) is 56.7 Å². The van der Waals surface area contributed by atoms with Gasteiger partial charge in [-0.1, -0.05) is 59.4 Å². The van der Waals surface area contributed by atoms with Crippen LogP contribution in [0.1, 0.15) is 36.0 Å². The summed E-state index contributed by atoms with van der Waals surface area (Å²) in [6, 6.07) is 22.9. The third-order valence-corrected chi connectivity index (χ3v) is 9.15. The fraction of sp³-hybridized carbons (Fsp3) is 0.324. The molecule has 0 bridgehead atoms. The van der Waals surface area contributed by atoms with Crippen LogP contribution in [0.25, 0.3) is 37.8 Å². The molecule has 12 nitrogen and oxygen atoms in total. The molecule has 1 aliphatic heterocycles. The van der Waals surface area contributed by atoms with Gasteiger partial charge in [0.05, 0.1) is 24.1 Å². The molecule has 0 atom stereocenters. The molecule has 3 aromatic carbocycles. The lowest BCUT2D eigenvalue weighted by Crippen LogP contribution is -2.46. The summed E-state index contributed by atoms with van der Waals surface area (Å²) in [5.74, 6) is -0.515. The molecule has 1 aliphatic rings. The first kappa shape index (κ1) is 30.9. The number of rotatable bonds is 13. The summed E-state index contributed by atoms with van der Waals surface area (Å²) in [6.45, 7) is 5.25. The van der Waals surface area contributed by atoms with Crippen LogP contribution < -0.4 is 9.74 Å². The quantitative estimate of drug-likeness (QED) is 0.119. The van der Waals surface area contributed by atoms with Crippen molar-refractivity contribution in [2.24, 2.45) is 0 Å². The van der Waals surface area contributed by atoms with Gasteiger partial charge in [-0.05, 0) is 60.5 Å². The third kappa shape index (κ3) is 7.03. The fourth-order valence-electron chi connectivity index (χ4n) is 5.64. The lowest BCUT2D eigenvalue weighted by molar-refractivity contribution is -0.162. The van der Waals surface area contributed by atoms with Crippen LogP contribution in [0.2, 0.25) is 0 Å². The van der Waals surface area contributed by atoms with Gasteiger partial charge in [-0.25, -0.2) is 14.3 Å². The highest BCUT2D eigenvalue weighted by molar-refractivity contribution is 7.19. The highest BCUT2D eigenvalue weighted by Crippen LogP contribution is 2.31. The molecule has 0 spiro atoms. The van der Waals surface area contributed by atoms with Crippen molar-refractivity contribution in [3.63, 3.8) is 0 Å².